The Kier molecular flexibility index (Phi) is 7.18. The van der Waals surface area contributed by atoms with Gasteiger partial charge in [0.25, 0.3) is 0 Å². The lowest BCUT2D eigenvalue weighted by atomic mass is 9.70. The van der Waals surface area contributed by atoms with Crippen LogP contribution >= 0.6 is 0 Å². The average Bonchev–Trinajstić information content (AvgIpc) is 4.19. The minimum absolute atomic E-state index is 0.507. The molecule has 318 valence electrons. The Morgan fingerprint density at radius 2 is 0.609 bits per heavy atom. The van der Waals surface area contributed by atoms with Crippen molar-refractivity contribution in [3.63, 3.8) is 0 Å². The van der Waals surface area contributed by atoms with E-state index in [0.717, 1.165) is 49.8 Å². The van der Waals surface area contributed by atoms with Crippen molar-refractivity contribution in [1.29, 1.82) is 0 Å². The molecule has 0 aliphatic heterocycles. The fourth-order valence-electron chi connectivity index (χ4n) is 13.3. The third kappa shape index (κ3) is 4.56. The van der Waals surface area contributed by atoms with E-state index in [2.05, 4.69) is 212 Å². The molecule has 0 amide bonds. The molecule has 16 rings (SSSR count). The predicted octanol–water partition coefficient (Wildman–Crippen LogP) is 15.5. The molecule has 0 saturated carbocycles. The summed E-state index contributed by atoms with van der Waals surface area (Å²) in [6.45, 7) is 0. The molecular weight excluding hydrogens is 839 g/mol. The highest BCUT2D eigenvalue weighted by Gasteiger charge is 2.54. The molecule has 0 atom stereocenters. The van der Waals surface area contributed by atoms with Gasteiger partial charge in [0.2, 0.25) is 0 Å². The number of aromatic nitrogens is 3. The van der Waals surface area contributed by atoms with Crippen LogP contribution in [0.3, 0.4) is 0 Å². The molecule has 69 heavy (non-hydrogen) atoms. The first-order chi connectivity index (χ1) is 34.2. The number of hydrogen-bond acceptors (Lipinski definition) is 4. The van der Waals surface area contributed by atoms with Gasteiger partial charge in [-0.3, -0.25) is 0 Å². The second-order valence-corrected chi connectivity index (χ2v) is 18.8. The van der Waals surface area contributed by atoms with E-state index in [1.165, 1.54) is 77.9 Å². The van der Waals surface area contributed by atoms with E-state index >= 15 is 0 Å². The zero-order valence-corrected chi connectivity index (χ0v) is 37.1. The van der Waals surface area contributed by atoms with Crippen molar-refractivity contribution in [2.24, 2.45) is 0 Å². The van der Waals surface area contributed by atoms with E-state index in [0.29, 0.717) is 17.5 Å². The molecule has 12 aromatic rings. The van der Waals surface area contributed by atoms with E-state index < -0.39 is 10.8 Å². The van der Waals surface area contributed by atoms with Crippen LogP contribution in [0.1, 0.15) is 44.5 Å². The van der Waals surface area contributed by atoms with Gasteiger partial charge in [0.05, 0.1) is 10.8 Å². The summed E-state index contributed by atoms with van der Waals surface area (Å²) in [5, 5.41) is 2.08. The summed E-state index contributed by atoms with van der Waals surface area (Å²) in [4.78, 5) is 16.7. The first-order valence-electron chi connectivity index (χ1n) is 23.8. The molecule has 4 aliphatic rings. The zero-order valence-electron chi connectivity index (χ0n) is 37.1. The summed E-state index contributed by atoms with van der Waals surface area (Å²) >= 11 is 0. The summed E-state index contributed by atoms with van der Waals surface area (Å²) in [5.41, 5.74) is 23.5. The van der Waals surface area contributed by atoms with Gasteiger partial charge in [0, 0.05) is 27.5 Å². The maximum atomic E-state index is 6.34. The van der Waals surface area contributed by atoms with Gasteiger partial charge >= 0.3 is 0 Å². The number of furan rings is 1. The Balaban J connectivity index is 0.989. The fraction of sp³-hybridized carbons (Fsp3) is 0.0308. The molecule has 4 aliphatic carbocycles. The summed E-state index contributed by atoms with van der Waals surface area (Å²) in [6, 6.07) is 81.8. The summed E-state index contributed by atoms with van der Waals surface area (Å²) < 4.78 is 6.34. The van der Waals surface area contributed by atoms with Gasteiger partial charge in [0.1, 0.15) is 11.2 Å². The molecular formula is C65H37N3O. The third-order valence-corrected chi connectivity index (χ3v) is 15.8. The van der Waals surface area contributed by atoms with Crippen LogP contribution < -0.4 is 0 Å². The predicted molar refractivity (Wildman–Crippen MR) is 276 cm³/mol. The molecule has 0 radical (unpaired) electrons. The second kappa shape index (κ2) is 13.3. The standard InChI is InChI=1S/C65H37N3O/c1-8-26-49-39(17-1)40-18-2-9-27-50(40)64(49)53-30-12-5-22-44(53)59-46(24-15-32-55(59)64)62-66-61(38-35-36-58-48(37-38)43-21-7-14-34-57(43)69-58)67-63(68-62)47-25-16-33-56-60(47)45-23-6-13-31-54(45)65(56)51-28-10-3-19-41(51)42-20-4-11-29-52(42)65/h1-37H. The summed E-state index contributed by atoms with van der Waals surface area (Å²) in [5.74, 6) is 1.86. The Morgan fingerprint density at radius 3 is 1.09 bits per heavy atom. The molecule has 2 spiro atoms. The lowest BCUT2D eigenvalue weighted by Gasteiger charge is -2.30. The SMILES string of the molecule is c1ccc2c(c1)-c1ccccc1C21c2ccccc2-c2c(-c3nc(-c4ccc5oc6ccccc6c5c4)nc(-c4cccc5c4-c4ccccc4C54c5ccccc5-c5ccccc54)n3)cccc21. The minimum atomic E-state index is -0.507. The van der Waals surface area contributed by atoms with Crippen LogP contribution in [0.4, 0.5) is 0 Å². The highest BCUT2D eigenvalue weighted by Crippen LogP contribution is 2.65. The van der Waals surface area contributed by atoms with Crippen LogP contribution in [-0.4, -0.2) is 15.0 Å². The van der Waals surface area contributed by atoms with Crippen molar-refractivity contribution in [2.75, 3.05) is 0 Å². The molecule has 10 aromatic carbocycles. The van der Waals surface area contributed by atoms with Crippen LogP contribution in [0.15, 0.2) is 229 Å². The van der Waals surface area contributed by atoms with Gasteiger partial charge in [-0.15, -0.1) is 0 Å². The van der Waals surface area contributed by atoms with Crippen molar-refractivity contribution in [2.45, 2.75) is 10.8 Å². The molecule has 0 saturated heterocycles. The first kappa shape index (κ1) is 37.1. The van der Waals surface area contributed by atoms with Crippen LogP contribution in [0, 0.1) is 0 Å². The Hall–Kier alpha value is -8.99. The smallest absolute Gasteiger partial charge is 0.164 e. The summed E-state index contributed by atoms with van der Waals surface area (Å²) in [7, 11) is 0. The molecule has 4 heteroatoms. The van der Waals surface area contributed by atoms with Gasteiger partial charge in [-0.25, -0.2) is 15.0 Å². The molecule has 0 bridgehead atoms. The van der Waals surface area contributed by atoms with Crippen LogP contribution in [0.2, 0.25) is 0 Å². The van der Waals surface area contributed by atoms with Crippen molar-refractivity contribution >= 4 is 21.9 Å². The molecule has 4 nitrogen and oxygen atoms in total. The van der Waals surface area contributed by atoms with E-state index in [4.69, 9.17) is 19.4 Å². The first-order valence-corrected chi connectivity index (χ1v) is 23.8. The minimum Gasteiger partial charge on any atom is -0.456 e. The molecule has 0 N–H and O–H groups in total. The van der Waals surface area contributed by atoms with Gasteiger partial charge in [0.15, 0.2) is 17.5 Å². The Bertz CT molecular complexity index is 3930. The quantitative estimate of drug-likeness (QED) is 0.177. The zero-order chi connectivity index (χ0) is 45.0. The van der Waals surface area contributed by atoms with E-state index in [-0.39, 0.29) is 0 Å². The monoisotopic (exact) mass is 875 g/mol. The number of hydrogen-bond donors (Lipinski definition) is 0. The molecule has 0 unspecified atom stereocenters. The van der Waals surface area contributed by atoms with Crippen LogP contribution in [-0.2, 0) is 10.8 Å². The normalized spacial score (nSPS) is 14.3. The highest BCUT2D eigenvalue weighted by atomic mass is 16.3. The van der Waals surface area contributed by atoms with E-state index in [1.807, 2.05) is 12.1 Å². The van der Waals surface area contributed by atoms with Crippen molar-refractivity contribution in [1.82, 2.24) is 15.0 Å². The average molecular weight is 876 g/mol. The Morgan fingerprint density at radius 1 is 0.261 bits per heavy atom. The van der Waals surface area contributed by atoms with E-state index in [1.54, 1.807) is 0 Å². The number of nitrogens with zero attached hydrogens (tertiary/aromatic N) is 3. The topological polar surface area (TPSA) is 51.8 Å². The number of rotatable bonds is 3. The lowest BCUT2D eigenvalue weighted by molar-refractivity contribution is 0.669. The number of para-hydroxylation sites is 1. The Labute approximate surface area is 397 Å². The van der Waals surface area contributed by atoms with E-state index in [9.17, 15) is 0 Å². The van der Waals surface area contributed by atoms with Gasteiger partial charge in [-0.2, -0.15) is 0 Å². The highest BCUT2D eigenvalue weighted by molar-refractivity contribution is 6.07. The molecule has 2 heterocycles. The maximum absolute atomic E-state index is 6.34. The van der Waals surface area contributed by atoms with Gasteiger partial charge in [-0.05, 0) is 113 Å². The van der Waals surface area contributed by atoms with Crippen molar-refractivity contribution in [3.8, 4) is 78.7 Å². The summed E-state index contributed by atoms with van der Waals surface area (Å²) in [6.07, 6.45) is 0. The second-order valence-electron chi connectivity index (χ2n) is 18.8. The number of fused-ring (bicyclic) bond motifs is 23. The third-order valence-electron chi connectivity index (χ3n) is 15.8. The molecule has 0 fully saturated rings. The van der Waals surface area contributed by atoms with Crippen LogP contribution in [0.5, 0.6) is 0 Å². The van der Waals surface area contributed by atoms with Gasteiger partial charge in [-0.1, -0.05) is 200 Å². The maximum Gasteiger partial charge on any atom is 0.164 e. The van der Waals surface area contributed by atoms with Crippen molar-refractivity contribution < 1.29 is 4.42 Å². The fourth-order valence-corrected chi connectivity index (χ4v) is 13.3. The molecule has 2 aromatic heterocycles. The lowest BCUT2D eigenvalue weighted by Crippen LogP contribution is -2.25. The number of benzene rings is 10. The van der Waals surface area contributed by atoms with Crippen molar-refractivity contribution in [3.05, 3.63) is 269 Å². The van der Waals surface area contributed by atoms with Crippen LogP contribution in [0.25, 0.3) is 101 Å². The van der Waals surface area contributed by atoms with Gasteiger partial charge < -0.3 is 4.42 Å². The largest absolute Gasteiger partial charge is 0.456 e.